The van der Waals surface area contributed by atoms with Crippen LogP contribution in [-0.2, 0) is 6.42 Å². The van der Waals surface area contributed by atoms with Gasteiger partial charge in [-0.2, -0.15) is 0 Å². The third kappa shape index (κ3) is 2.35. The molecule has 0 atom stereocenters. The Labute approximate surface area is 127 Å². The molecule has 1 aromatic carbocycles. The molecule has 1 amide bonds. The van der Waals surface area contributed by atoms with Crippen LogP contribution < -0.4 is 5.32 Å². The van der Waals surface area contributed by atoms with Crippen LogP contribution in [0.2, 0.25) is 0 Å². The van der Waals surface area contributed by atoms with Crippen LogP contribution in [0.25, 0.3) is 22.4 Å². The Balaban J connectivity index is 2.28. The lowest BCUT2D eigenvalue weighted by atomic mass is 10.0. The van der Waals surface area contributed by atoms with Crippen LogP contribution in [0.4, 0.5) is 4.39 Å². The maximum atomic E-state index is 13.1. The standard InChI is InChI=1S/C17H15FN2O2/c1-3-10-8-13-14(16(21)19-2)15(22-17(13)20-9-10)11-4-6-12(18)7-5-11/h4-9H,3H2,1-2H3,(H,19,21). The van der Waals surface area contributed by atoms with Crippen LogP contribution in [0.15, 0.2) is 40.9 Å². The van der Waals surface area contributed by atoms with E-state index in [1.807, 2.05) is 13.0 Å². The van der Waals surface area contributed by atoms with Crippen LogP contribution in [0.1, 0.15) is 22.8 Å². The van der Waals surface area contributed by atoms with E-state index in [4.69, 9.17) is 4.42 Å². The second-order valence-electron chi connectivity index (χ2n) is 4.94. The van der Waals surface area contributed by atoms with Gasteiger partial charge in [0.15, 0.2) is 0 Å². The number of aromatic nitrogens is 1. The molecule has 5 heteroatoms. The molecule has 3 aromatic rings. The number of furan rings is 1. The van der Waals surface area contributed by atoms with Crippen LogP contribution >= 0.6 is 0 Å². The molecule has 0 aliphatic heterocycles. The van der Waals surface area contributed by atoms with Gasteiger partial charge >= 0.3 is 0 Å². The van der Waals surface area contributed by atoms with E-state index >= 15 is 0 Å². The van der Waals surface area contributed by atoms with Gasteiger partial charge in [0.2, 0.25) is 5.71 Å². The molecular weight excluding hydrogens is 283 g/mol. The molecule has 0 spiro atoms. The van der Waals surface area contributed by atoms with Gasteiger partial charge in [-0.3, -0.25) is 4.79 Å². The van der Waals surface area contributed by atoms with Crippen LogP contribution in [0, 0.1) is 5.82 Å². The number of carbonyl (C=O) groups excluding carboxylic acids is 1. The third-order valence-corrected chi connectivity index (χ3v) is 3.57. The van der Waals surface area contributed by atoms with E-state index in [0.717, 1.165) is 12.0 Å². The fourth-order valence-corrected chi connectivity index (χ4v) is 2.37. The molecule has 2 aromatic heterocycles. The lowest BCUT2D eigenvalue weighted by Crippen LogP contribution is -2.18. The van der Waals surface area contributed by atoms with Crippen molar-refractivity contribution in [2.45, 2.75) is 13.3 Å². The Hall–Kier alpha value is -2.69. The Kier molecular flexibility index (Phi) is 3.63. The summed E-state index contributed by atoms with van der Waals surface area (Å²) in [5.41, 5.74) is 2.47. The van der Waals surface area contributed by atoms with Gasteiger partial charge in [-0.15, -0.1) is 0 Å². The molecule has 1 N–H and O–H groups in total. The van der Waals surface area contributed by atoms with Crippen LogP contribution in [0.3, 0.4) is 0 Å². The van der Waals surface area contributed by atoms with Gasteiger partial charge in [-0.25, -0.2) is 9.37 Å². The number of halogens is 1. The Morgan fingerprint density at radius 1 is 1.32 bits per heavy atom. The summed E-state index contributed by atoms with van der Waals surface area (Å²) in [6.45, 7) is 2.02. The number of nitrogens with one attached hydrogen (secondary N) is 1. The highest BCUT2D eigenvalue weighted by Gasteiger charge is 2.22. The third-order valence-electron chi connectivity index (χ3n) is 3.57. The summed E-state index contributed by atoms with van der Waals surface area (Å²) in [6.07, 6.45) is 2.54. The van der Waals surface area contributed by atoms with Crippen molar-refractivity contribution in [3.63, 3.8) is 0 Å². The molecular formula is C17H15FN2O2. The van der Waals surface area contributed by atoms with Crippen LogP contribution in [-0.4, -0.2) is 17.9 Å². The van der Waals surface area contributed by atoms with E-state index in [-0.39, 0.29) is 11.7 Å². The predicted molar refractivity (Wildman–Crippen MR) is 82.2 cm³/mol. The molecule has 3 rings (SSSR count). The summed E-state index contributed by atoms with van der Waals surface area (Å²) in [6, 6.07) is 7.74. The van der Waals surface area contributed by atoms with E-state index in [0.29, 0.717) is 28.0 Å². The molecule has 0 aliphatic carbocycles. The zero-order valence-corrected chi connectivity index (χ0v) is 12.3. The largest absolute Gasteiger partial charge is 0.437 e. The lowest BCUT2D eigenvalue weighted by Gasteiger charge is -2.02. The van der Waals surface area contributed by atoms with Crippen molar-refractivity contribution in [3.05, 3.63) is 53.5 Å². The maximum absolute atomic E-state index is 13.1. The highest BCUT2D eigenvalue weighted by molar-refractivity contribution is 6.10. The number of nitrogens with zero attached hydrogens (tertiary/aromatic N) is 1. The minimum Gasteiger partial charge on any atom is -0.437 e. The lowest BCUT2D eigenvalue weighted by molar-refractivity contribution is 0.0964. The average molecular weight is 298 g/mol. The quantitative estimate of drug-likeness (QED) is 0.804. The molecule has 0 saturated carbocycles. The summed E-state index contributed by atoms with van der Waals surface area (Å²) >= 11 is 0. The van der Waals surface area contributed by atoms with Crippen molar-refractivity contribution in [2.75, 3.05) is 7.05 Å². The summed E-state index contributed by atoms with van der Waals surface area (Å²) < 4.78 is 18.9. The van der Waals surface area contributed by atoms with Crippen molar-refractivity contribution in [1.29, 1.82) is 0 Å². The van der Waals surface area contributed by atoms with Gasteiger partial charge in [-0.05, 0) is 42.3 Å². The molecule has 22 heavy (non-hydrogen) atoms. The molecule has 112 valence electrons. The highest BCUT2D eigenvalue weighted by atomic mass is 19.1. The minimum atomic E-state index is -0.340. The monoisotopic (exact) mass is 298 g/mol. The molecule has 0 unspecified atom stereocenters. The summed E-state index contributed by atoms with van der Waals surface area (Å²) in [4.78, 5) is 16.5. The Morgan fingerprint density at radius 2 is 2.05 bits per heavy atom. The summed E-state index contributed by atoms with van der Waals surface area (Å²) in [7, 11) is 1.56. The number of pyridine rings is 1. The number of aryl methyl sites for hydroxylation is 1. The zero-order chi connectivity index (χ0) is 15.7. The topological polar surface area (TPSA) is 55.1 Å². The van der Waals surface area contributed by atoms with Crippen molar-refractivity contribution >= 4 is 17.0 Å². The fourth-order valence-electron chi connectivity index (χ4n) is 2.37. The van der Waals surface area contributed by atoms with Gasteiger partial charge in [0.1, 0.15) is 11.6 Å². The van der Waals surface area contributed by atoms with E-state index in [2.05, 4.69) is 10.3 Å². The number of hydrogen-bond donors (Lipinski definition) is 1. The van der Waals surface area contributed by atoms with Gasteiger partial charge in [0.05, 0.1) is 10.9 Å². The normalized spacial score (nSPS) is 10.9. The number of amides is 1. The second-order valence-corrected chi connectivity index (χ2v) is 4.94. The molecule has 0 fully saturated rings. The average Bonchev–Trinajstić information content (AvgIpc) is 2.93. The minimum absolute atomic E-state index is 0.256. The summed E-state index contributed by atoms with van der Waals surface area (Å²) in [5.74, 6) is -0.198. The Bertz CT molecular complexity index is 838. The van der Waals surface area contributed by atoms with E-state index in [1.54, 1.807) is 25.4 Å². The van der Waals surface area contributed by atoms with Gasteiger partial charge in [0, 0.05) is 18.8 Å². The highest BCUT2D eigenvalue weighted by Crippen LogP contribution is 2.33. The molecule has 2 heterocycles. The number of carbonyl (C=O) groups is 1. The van der Waals surface area contributed by atoms with Crippen molar-refractivity contribution < 1.29 is 13.6 Å². The molecule has 0 bridgehead atoms. The smallest absolute Gasteiger partial charge is 0.255 e. The first kappa shape index (κ1) is 14.3. The molecule has 0 radical (unpaired) electrons. The van der Waals surface area contributed by atoms with Gasteiger partial charge in [-0.1, -0.05) is 6.92 Å². The van der Waals surface area contributed by atoms with E-state index in [1.165, 1.54) is 12.1 Å². The zero-order valence-electron chi connectivity index (χ0n) is 12.3. The van der Waals surface area contributed by atoms with Crippen LogP contribution in [0.5, 0.6) is 0 Å². The number of rotatable bonds is 3. The van der Waals surface area contributed by atoms with Gasteiger partial charge in [0.25, 0.3) is 5.91 Å². The molecule has 0 saturated heterocycles. The fraction of sp³-hybridized carbons (Fsp3) is 0.176. The van der Waals surface area contributed by atoms with Crippen molar-refractivity contribution in [2.24, 2.45) is 0 Å². The van der Waals surface area contributed by atoms with Crippen molar-refractivity contribution in [1.82, 2.24) is 10.3 Å². The first-order chi connectivity index (χ1) is 10.6. The van der Waals surface area contributed by atoms with E-state index < -0.39 is 0 Å². The van der Waals surface area contributed by atoms with Gasteiger partial charge < -0.3 is 9.73 Å². The first-order valence-electron chi connectivity index (χ1n) is 7.03. The predicted octanol–water partition coefficient (Wildman–Crippen LogP) is 3.56. The molecule has 0 aliphatic rings. The number of benzene rings is 1. The second kappa shape index (κ2) is 5.60. The number of hydrogen-bond acceptors (Lipinski definition) is 3. The maximum Gasteiger partial charge on any atom is 0.255 e. The Morgan fingerprint density at radius 3 is 2.68 bits per heavy atom. The molecule has 4 nitrogen and oxygen atoms in total. The summed E-state index contributed by atoms with van der Waals surface area (Å²) in [5, 5.41) is 3.28. The first-order valence-corrected chi connectivity index (χ1v) is 7.03. The van der Waals surface area contributed by atoms with E-state index in [9.17, 15) is 9.18 Å². The number of fused-ring (bicyclic) bond motifs is 1. The van der Waals surface area contributed by atoms with Crippen molar-refractivity contribution in [3.8, 4) is 11.3 Å². The SMILES string of the molecule is CCc1cnc2oc(-c3ccc(F)cc3)c(C(=O)NC)c2c1.